The van der Waals surface area contributed by atoms with Crippen molar-refractivity contribution in [1.29, 1.82) is 0 Å². The van der Waals surface area contributed by atoms with Crippen molar-refractivity contribution in [2.75, 3.05) is 25.7 Å². The number of phenolic OH excluding ortho intramolecular Hbond substituents is 2. The van der Waals surface area contributed by atoms with Gasteiger partial charge in [0.1, 0.15) is 53.8 Å². The molecule has 6 rings (SSSR count). The molecular formula is C34H28LiN6NaO16S4+2. The number of aromatic hydroxyl groups is 2. The van der Waals surface area contributed by atoms with Gasteiger partial charge in [-0.1, -0.05) is 24.3 Å². The topological polar surface area (TPSA) is 378 Å². The maximum Gasteiger partial charge on any atom is 1.00 e. The van der Waals surface area contributed by atoms with Gasteiger partial charge in [-0.25, -0.2) is 0 Å². The van der Waals surface area contributed by atoms with Crippen LogP contribution in [0, 0.1) is 0 Å². The molecule has 0 aliphatic rings. The van der Waals surface area contributed by atoms with Crippen LogP contribution < -0.4 is 69.4 Å². The minimum absolute atomic E-state index is 0. The van der Waals surface area contributed by atoms with Crippen molar-refractivity contribution in [3.05, 3.63) is 72.8 Å². The normalized spacial score (nSPS) is 12.4. The van der Waals surface area contributed by atoms with Crippen molar-refractivity contribution < 1.29 is 120 Å². The summed E-state index contributed by atoms with van der Waals surface area (Å²) in [6, 6.07) is 14.5. The summed E-state index contributed by atoms with van der Waals surface area (Å²) in [6.45, 7) is 0. The Bertz CT molecular complexity index is 3130. The molecule has 10 N–H and O–H groups in total. The van der Waals surface area contributed by atoms with Gasteiger partial charge in [-0.3, -0.25) is 18.2 Å². The molecule has 0 fully saturated rings. The molecule has 6 aromatic rings. The summed E-state index contributed by atoms with van der Waals surface area (Å²) >= 11 is 0. The van der Waals surface area contributed by atoms with E-state index >= 15 is 0 Å². The first-order chi connectivity index (χ1) is 27.9. The number of azo groups is 2. The fourth-order valence-electron chi connectivity index (χ4n) is 6.02. The van der Waals surface area contributed by atoms with Gasteiger partial charge in [-0.15, -0.1) is 20.5 Å². The predicted octanol–water partition coefficient (Wildman–Crippen LogP) is 0.0784. The molecule has 0 aliphatic heterocycles. The maximum atomic E-state index is 12.0. The van der Waals surface area contributed by atoms with Crippen LogP contribution in [0.5, 0.6) is 23.0 Å². The number of methoxy groups -OCH3 is 2. The Morgan fingerprint density at radius 2 is 0.758 bits per heavy atom. The third kappa shape index (κ3) is 9.67. The molecule has 6 aromatic carbocycles. The average molecular weight is 935 g/mol. The number of fused-ring (bicyclic) bond motifs is 2. The second kappa shape index (κ2) is 18.1. The molecule has 0 unspecified atom stereocenters. The molecule has 0 bridgehead atoms. The van der Waals surface area contributed by atoms with Crippen molar-refractivity contribution >= 4 is 96.1 Å². The van der Waals surface area contributed by atoms with Gasteiger partial charge in [0.15, 0.2) is 11.5 Å². The fraction of sp³-hybridized carbons (Fsp3) is 0.0588. The van der Waals surface area contributed by atoms with Crippen molar-refractivity contribution in [3.8, 4) is 34.1 Å². The van der Waals surface area contributed by atoms with E-state index in [1.54, 1.807) is 24.3 Å². The van der Waals surface area contributed by atoms with Crippen LogP contribution in [0.1, 0.15) is 0 Å². The van der Waals surface area contributed by atoms with Crippen LogP contribution in [0.2, 0.25) is 0 Å². The number of hydrogen-bond acceptors (Lipinski definition) is 18. The van der Waals surface area contributed by atoms with Crippen LogP contribution in [-0.4, -0.2) is 76.3 Å². The van der Waals surface area contributed by atoms with Crippen LogP contribution in [-0.2, 0) is 40.5 Å². The number of rotatable bonds is 11. The zero-order valence-electron chi connectivity index (χ0n) is 32.3. The van der Waals surface area contributed by atoms with Gasteiger partial charge in [-0.05, 0) is 59.7 Å². The van der Waals surface area contributed by atoms with E-state index in [2.05, 4.69) is 20.5 Å². The summed E-state index contributed by atoms with van der Waals surface area (Å²) < 4.78 is 145. The Labute approximate surface area is 385 Å². The summed E-state index contributed by atoms with van der Waals surface area (Å²) in [6.07, 6.45) is 0. The third-order valence-corrected chi connectivity index (χ3v) is 12.3. The summed E-state index contributed by atoms with van der Waals surface area (Å²) in [4.78, 5) is -4.11. The Hall–Kier alpha value is -4.92. The van der Waals surface area contributed by atoms with E-state index in [-0.39, 0.29) is 93.4 Å². The summed E-state index contributed by atoms with van der Waals surface area (Å²) in [5.74, 6) is -1.36. The zero-order chi connectivity index (χ0) is 44.3. The van der Waals surface area contributed by atoms with Crippen molar-refractivity contribution in [2.24, 2.45) is 20.5 Å². The van der Waals surface area contributed by atoms with Gasteiger partial charge >= 0.3 is 48.4 Å². The van der Waals surface area contributed by atoms with E-state index in [1.807, 2.05) is 0 Å². The molecule has 0 amide bonds. The van der Waals surface area contributed by atoms with Crippen LogP contribution in [0.3, 0.4) is 0 Å². The summed E-state index contributed by atoms with van der Waals surface area (Å²) in [7, 11) is -17.8. The van der Waals surface area contributed by atoms with E-state index in [0.717, 1.165) is 24.3 Å². The number of ether oxygens (including phenoxy) is 2. The molecule has 0 saturated heterocycles. The Balaban J connectivity index is 0.00000422. The first-order valence-electron chi connectivity index (χ1n) is 16.1. The molecule has 0 aliphatic carbocycles. The van der Waals surface area contributed by atoms with Gasteiger partial charge < -0.3 is 31.2 Å². The van der Waals surface area contributed by atoms with Crippen molar-refractivity contribution in [2.45, 2.75) is 19.6 Å². The second-order valence-corrected chi connectivity index (χ2v) is 17.9. The van der Waals surface area contributed by atoms with E-state index in [0.29, 0.717) is 23.3 Å². The smallest absolute Gasteiger partial charge is 0.505 e. The fourth-order valence-corrected chi connectivity index (χ4v) is 8.89. The molecule has 0 atom stereocenters. The van der Waals surface area contributed by atoms with E-state index in [4.69, 9.17) is 20.9 Å². The van der Waals surface area contributed by atoms with E-state index in [1.165, 1.54) is 26.4 Å². The number of anilines is 2. The monoisotopic (exact) mass is 934 g/mol. The molecule has 0 heterocycles. The van der Waals surface area contributed by atoms with Crippen LogP contribution >= 0.6 is 0 Å². The van der Waals surface area contributed by atoms with E-state index < -0.39 is 93.7 Å². The average Bonchev–Trinajstić information content (AvgIpc) is 3.15. The molecule has 0 saturated carbocycles. The van der Waals surface area contributed by atoms with Gasteiger partial charge in [0.05, 0.1) is 36.4 Å². The Morgan fingerprint density at radius 1 is 0.468 bits per heavy atom. The largest absolute Gasteiger partial charge is 1.00 e. The molecule has 28 heteroatoms. The molecule has 22 nitrogen and oxygen atoms in total. The third-order valence-electron chi connectivity index (χ3n) is 8.77. The number of benzene rings is 6. The summed E-state index contributed by atoms with van der Waals surface area (Å²) in [5.41, 5.74) is 11.0. The Kier molecular flexibility index (Phi) is 14.5. The second-order valence-electron chi connectivity index (χ2n) is 12.4. The van der Waals surface area contributed by atoms with Crippen LogP contribution in [0.15, 0.2) is 113 Å². The molecule has 0 radical (unpaired) electrons. The quantitative estimate of drug-likeness (QED) is 0.0369. The number of nitrogens with zero attached hydrogens (tertiary/aromatic N) is 4. The predicted molar refractivity (Wildman–Crippen MR) is 213 cm³/mol. The van der Waals surface area contributed by atoms with Crippen molar-refractivity contribution in [1.82, 2.24) is 0 Å². The SMILES string of the molecule is COc1cc(-c2ccc(N=Nc3ccc4c(S(=O)(=O)O)cc(S(=O)(=O)O)c(N)c4c3O)c(OC)c2)ccc1N=Nc1ccc2c(S(=O)(=O)O)cc(S(=O)(=O)O)c(N)c2c1O.[Li+].[Na+]. The zero-order valence-corrected chi connectivity index (χ0v) is 37.5. The first kappa shape index (κ1) is 49.7. The van der Waals surface area contributed by atoms with Gasteiger partial charge in [-0.2, -0.15) is 33.7 Å². The number of hydrogen-bond donors (Lipinski definition) is 8. The maximum absolute atomic E-state index is 12.0. The number of nitrogen functional groups attached to an aromatic ring is 2. The minimum Gasteiger partial charge on any atom is -0.505 e. The first-order valence-corrected chi connectivity index (χ1v) is 21.9. The molecule has 0 spiro atoms. The van der Waals surface area contributed by atoms with Gasteiger partial charge in [0, 0.05) is 10.8 Å². The number of phenols is 2. The minimum atomic E-state index is -5.13. The molecule has 314 valence electrons. The van der Waals surface area contributed by atoms with Crippen molar-refractivity contribution in [3.63, 3.8) is 0 Å². The summed E-state index contributed by atoms with van der Waals surface area (Å²) in [5, 5.41) is 36.3. The van der Waals surface area contributed by atoms with Gasteiger partial charge in [0.2, 0.25) is 0 Å². The standard InChI is InChI=1S/C34H28N6O16S4.Li.Na/c1-55-23-11-15(3-7-19(23)37-39-21-9-5-17-25(57(43,44)45)13-27(59(49,50)51)31(35)29(17)33(21)41)16-4-8-20(24(12-16)56-2)38-40-22-10-6-18-26(58(46,47)48)14-28(60(52,53)54)32(36)30(18)34(22)42;;/h3-14,41-42H,35-36H2,1-2H3,(H,43,44,45)(H,46,47,48)(H,49,50,51)(H,52,53,54);;/q;2*+1. The van der Waals surface area contributed by atoms with Crippen LogP contribution in [0.4, 0.5) is 34.1 Å². The molecular weight excluding hydrogens is 907 g/mol. The molecule has 62 heavy (non-hydrogen) atoms. The number of nitrogens with two attached hydrogens (primary N) is 2. The van der Waals surface area contributed by atoms with Gasteiger partial charge in [0.25, 0.3) is 40.5 Å². The Morgan fingerprint density at radius 3 is 1.05 bits per heavy atom. The van der Waals surface area contributed by atoms with Crippen LogP contribution in [0.25, 0.3) is 32.7 Å². The van der Waals surface area contributed by atoms with E-state index in [9.17, 15) is 62.1 Å². The molecule has 0 aromatic heterocycles.